The number of amides is 2. The minimum Gasteiger partial charge on any atom is -0.496 e. The Morgan fingerprint density at radius 1 is 0.898 bits per heavy atom. The van der Waals surface area contributed by atoms with Gasteiger partial charge >= 0.3 is 0 Å². The van der Waals surface area contributed by atoms with Crippen LogP contribution in [0.25, 0.3) is 0 Å². The van der Waals surface area contributed by atoms with Crippen LogP contribution in [0.1, 0.15) is 82.8 Å². The Hall–Kier alpha value is -3.41. The molecule has 10 nitrogen and oxygen atoms in total. The van der Waals surface area contributed by atoms with E-state index >= 15 is 0 Å². The summed E-state index contributed by atoms with van der Waals surface area (Å²) >= 11 is 0. The van der Waals surface area contributed by atoms with Gasteiger partial charge in [-0.1, -0.05) is 32.9 Å². The molecule has 2 amide bonds. The summed E-state index contributed by atoms with van der Waals surface area (Å²) in [7, 11) is 2.69. The number of hydrogen-bond acceptors (Lipinski definition) is 8. The molecule has 4 rings (SSSR count). The van der Waals surface area contributed by atoms with Gasteiger partial charge in [0.15, 0.2) is 0 Å². The van der Waals surface area contributed by atoms with Gasteiger partial charge in [-0.05, 0) is 92.6 Å². The van der Waals surface area contributed by atoms with Crippen molar-refractivity contribution >= 4 is 18.5 Å². The molecule has 276 valence electrons. The molecule has 0 radical (unpaired) electrons. The van der Waals surface area contributed by atoms with Gasteiger partial charge in [-0.15, -0.1) is 0 Å². The van der Waals surface area contributed by atoms with Gasteiger partial charge in [-0.3, -0.25) is 9.59 Å². The number of nitrogens with zero attached hydrogens (tertiary/aromatic N) is 1. The molecule has 2 aliphatic rings. The molecule has 2 aliphatic heterocycles. The normalized spacial score (nSPS) is 15.4. The zero-order valence-corrected chi connectivity index (χ0v) is 30.5. The number of rotatable bonds is 18. The van der Waals surface area contributed by atoms with Crippen molar-refractivity contribution in [2.75, 3.05) is 71.5 Å². The monoisotopic (exact) mass is 687 g/mol. The largest absolute Gasteiger partial charge is 0.496 e. The molecule has 2 fully saturated rings. The van der Waals surface area contributed by atoms with Crippen LogP contribution in [-0.4, -0.2) is 90.6 Å². The van der Waals surface area contributed by atoms with Gasteiger partial charge in [0, 0.05) is 70.6 Å². The lowest BCUT2D eigenvalue weighted by atomic mass is 9.82. The van der Waals surface area contributed by atoms with E-state index in [1.54, 1.807) is 13.2 Å². The van der Waals surface area contributed by atoms with E-state index in [1.165, 1.54) is 32.0 Å². The molecule has 2 heterocycles. The molecular formula is C38H62FN5O5. The third-order valence-electron chi connectivity index (χ3n) is 8.74. The van der Waals surface area contributed by atoms with Crippen LogP contribution >= 0.6 is 0 Å². The maximum absolute atomic E-state index is 14.6. The summed E-state index contributed by atoms with van der Waals surface area (Å²) in [5, 5.41) is 19.1. The number of halogens is 1. The van der Waals surface area contributed by atoms with Gasteiger partial charge in [0.2, 0.25) is 12.8 Å². The molecule has 0 saturated carbocycles. The fourth-order valence-corrected chi connectivity index (χ4v) is 6.07. The zero-order chi connectivity index (χ0) is 35.9. The minimum absolute atomic E-state index is 0.197. The molecule has 0 aliphatic carbocycles. The van der Waals surface area contributed by atoms with Crippen LogP contribution in [-0.2, 0) is 16.0 Å². The summed E-state index contributed by atoms with van der Waals surface area (Å²) in [6, 6.07) is 11.2. The number of benzene rings is 2. The number of aryl methyl sites for hydroxylation is 1. The second-order valence-corrected chi connectivity index (χ2v) is 13.7. The number of hydrogen-bond donors (Lipinski definition) is 5. The first kappa shape index (κ1) is 41.8. The standard InChI is InChI=1S/C33H49FN4O4.C4H9N.CH4O/c1-33(2,3)12-9-26(10-13-36-23-39)31-19-25(6-8-32(31)41-4)5-7-29(11-14-37-24-40)42-30-21-27(34)20-28(22-30)38-17-15-35-16-18-38;1-2-4-5-3-1;1-2/h6,8,19-24,26,29,35H,5,7,9-18H2,1-4H3,(H,36,39)(H,37,40);5H,1-4H2;2H,1H3. The van der Waals surface area contributed by atoms with Crippen molar-refractivity contribution in [2.24, 2.45) is 5.41 Å². The Morgan fingerprint density at radius 2 is 1.55 bits per heavy atom. The molecule has 2 atom stereocenters. The first-order chi connectivity index (χ1) is 23.7. The number of aliphatic hydroxyl groups is 1. The number of aliphatic hydroxyl groups excluding tert-OH is 1. The van der Waals surface area contributed by atoms with Crippen molar-refractivity contribution in [3.8, 4) is 11.5 Å². The molecule has 11 heteroatoms. The Kier molecular flexibility index (Phi) is 20.3. The third kappa shape index (κ3) is 16.7. The van der Waals surface area contributed by atoms with E-state index in [-0.39, 0.29) is 23.3 Å². The van der Waals surface area contributed by atoms with Crippen LogP contribution in [0.5, 0.6) is 11.5 Å². The van der Waals surface area contributed by atoms with E-state index in [0.717, 1.165) is 87.9 Å². The second-order valence-electron chi connectivity index (χ2n) is 13.7. The maximum Gasteiger partial charge on any atom is 0.207 e. The number of piperazine rings is 1. The van der Waals surface area contributed by atoms with E-state index < -0.39 is 0 Å². The molecule has 2 saturated heterocycles. The van der Waals surface area contributed by atoms with Crippen LogP contribution in [0.3, 0.4) is 0 Å². The van der Waals surface area contributed by atoms with Crippen LogP contribution in [0.2, 0.25) is 0 Å². The highest BCUT2D eigenvalue weighted by atomic mass is 19.1. The number of carbonyl (C=O) groups is 2. The van der Waals surface area contributed by atoms with Crippen molar-refractivity contribution in [3.05, 3.63) is 53.3 Å². The lowest BCUT2D eigenvalue weighted by Crippen LogP contribution is -2.43. The summed E-state index contributed by atoms with van der Waals surface area (Å²) in [5.74, 6) is 1.27. The predicted molar refractivity (Wildman–Crippen MR) is 196 cm³/mol. The van der Waals surface area contributed by atoms with Gasteiger partial charge < -0.3 is 40.7 Å². The summed E-state index contributed by atoms with van der Waals surface area (Å²) in [5.41, 5.74) is 3.33. The molecule has 2 unspecified atom stereocenters. The smallest absolute Gasteiger partial charge is 0.207 e. The van der Waals surface area contributed by atoms with Gasteiger partial charge in [0.25, 0.3) is 0 Å². The topological polar surface area (TPSA) is 124 Å². The van der Waals surface area contributed by atoms with Crippen molar-refractivity contribution in [2.45, 2.75) is 84.2 Å². The van der Waals surface area contributed by atoms with Crippen LogP contribution in [0.15, 0.2) is 36.4 Å². The van der Waals surface area contributed by atoms with Crippen molar-refractivity contribution in [1.29, 1.82) is 0 Å². The fourth-order valence-electron chi connectivity index (χ4n) is 6.07. The van der Waals surface area contributed by atoms with E-state index in [0.29, 0.717) is 38.1 Å². The summed E-state index contributed by atoms with van der Waals surface area (Å²) < 4.78 is 26.7. The Morgan fingerprint density at radius 3 is 2.14 bits per heavy atom. The van der Waals surface area contributed by atoms with Gasteiger partial charge in [0.05, 0.1) is 7.11 Å². The number of ether oxygens (including phenoxy) is 2. The lowest BCUT2D eigenvalue weighted by molar-refractivity contribution is -0.110. The molecule has 5 N–H and O–H groups in total. The van der Waals surface area contributed by atoms with E-state index in [1.807, 2.05) is 12.1 Å². The summed E-state index contributed by atoms with van der Waals surface area (Å²) in [6.45, 7) is 13.7. The average Bonchev–Trinajstić information content (AvgIpc) is 3.70. The fraction of sp³-hybridized carbons (Fsp3) is 0.632. The molecule has 0 spiro atoms. The molecule has 2 aromatic carbocycles. The van der Waals surface area contributed by atoms with E-state index in [2.05, 4.69) is 59.1 Å². The van der Waals surface area contributed by atoms with Crippen molar-refractivity contribution in [1.82, 2.24) is 21.3 Å². The van der Waals surface area contributed by atoms with Gasteiger partial charge in [-0.25, -0.2) is 4.39 Å². The van der Waals surface area contributed by atoms with E-state index in [4.69, 9.17) is 14.6 Å². The van der Waals surface area contributed by atoms with Crippen molar-refractivity contribution in [3.63, 3.8) is 0 Å². The Balaban J connectivity index is 0.00000107. The third-order valence-corrected chi connectivity index (χ3v) is 8.74. The maximum atomic E-state index is 14.6. The van der Waals surface area contributed by atoms with Crippen LogP contribution < -0.4 is 35.6 Å². The SMILES string of the molecule is C1CCNC1.CO.COc1ccc(CCC(CCNC=O)Oc2cc(F)cc(N3CCNCC3)c2)cc1C(CCNC=O)CCC(C)(C)C. The molecular weight excluding hydrogens is 625 g/mol. The quantitative estimate of drug-likeness (QED) is 0.112. The first-order valence-electron chi connectivity index (χ1n) is 17.8. The lowest BCUT2D eigenvalue weighted by Gasteiger charge is -2.30. The van der Waals surface area contributed by atoms with Crippen LogP contribution in [0.4, 0.5) is 10.1 Å². The number of nitrogens with one attached hydrogen (secondary N) is 4. The molecule has 0 aromatic heterocycles. The van der Waals surface area contributed by atoms with E-state index in [9.17, 15) is 14.0 Å². The highest BCUT2D eigenvalue weighted by Crippen LogP contribution is 2.36. The van der Waals surface area contributed by atoms with Crippen LogP contribution in [0, 0.1) is 11.2 Å². The second kappa shape index (κ2) is 23.9. The summed E-state index contributed by atoms with van der Waals surface area (Å²) in [4.78, 5) is 24.0. The predicted octanol–water partition coefficient (Wildman–Crippen LogP) is 4.78. The highest BCUT2D eigenvalue weighted by molar-refractivity contribution is 5.52. The van der Waals surface area contributed by atoms with Gasteiger partial charge in [0.1, 0.15) is 23.4 Å². The Bertz CT molecular complexity index is 1190. The highest BCUT2D eigenvalue weighted by Gasteiger charge is 2.21. The summed E-state index contributed by atoms with van der Waals surface area (Å²) in [6.07, 6.45) is 8.92. The first-order valence-corrected chi connectivity index (χ1v) is 17.8. The average molecular weight is 688 g/mol. The molecule has 2 aromatic rings. The molecule has 0 bridgehead atoms. The number of carbonyl (C=O) groups excluding carboxylic acids is 2. The minimum atomic E-state index is -0.323. The number of anilines is 1. The zero-order valence-electron chi connectivity index (χ0n) is 30.5. The van der Waals surface area contributed by atoms with Gasteiger partial charge in [-0.2, -0.15) is 0 Å². The van der Waals surface area contributed by atoms with Crippen molar-refractivity contribution < 1.29 is 28.6 Å². The Labute approximate surface area is 293 Å². The molecule has 49 heavy (non-hydrogen) atoms. The number of methoxy groups -OCH3 is 1.